The number of hydrogen-bond donors (Lipinski definition) is 1. The van der Waals surface area contributed by atoms with Crippen LogP contribution in [0.5, 0.6) is 5.75 Å². The molecule has 0 heterocycles. The van der Waals surface area contributed by atoms with Crippen molar-refractivity contribution in [2.45, 2.75) is 40.7 Å². The van der Waals surface area contributed by atoms with E-state index in [1.165, 1.54) is 0 Å². The lowest BCUT2D eigenvalue weighted by Crippen LogP contribution is -2.33. The van der Waals surface area contributed by atoms with E-state index in [1.54, 1.807) is 36.1 Å². The number of ether oxygens (including phenoxy) is 1. The smallest absolute Gasteiger partial charge is 0.265 e. The number of nitrogens with one attached hydrogen (secondary N) is 1. The number of carbonyl (C=O) groups is 2. The molecule has 2 rings (SSSR count). The van der Waals surface area contributed by atoms with Gasteiger partial charge in [0.25, 0.3) is 11.8 Å². The zero-order valence-corrected chi connectivity index (χ0v) is 16.7. The lowest BCUT2D eigenvalue weighted by atomic mass is 10.1. The molecule has 1 atom stereocenters. The standard InChI is InChI=1S/C22H28N2O3/c1-6-24(7-2)22(26)18-10-8-9-11-19(18)23-21(25)17(5)27-20-14-15(3)12-13-16(20)4/h8-14,17H,6-7H2,1-5H3,(H,23,25). The quantitative estimate of drug-likeness (QED) is 0.797. The Bertz CT molecular complexity index is 813. The fourth-order valence-electron chi connectivity index (χ4n) is 2.77. The molecule has 2 aromatic rings. The number of rotatable bonds is 7. The number of benzene rings is 2. The van der Waals surface area contributed by atoms with Gasteiger partial charge in [-0.15, -0.1) is 0 Å². The second kappa shape index (κ2) is 9.21. The minimum Gasteiger partial charge on any atom is -0.481 e. The molecule has 5 heteroatoms. The topological polar surface area (TPSA) is 58.6 Å². The van der Waals surface area contributed by atoms with Crippen LogP contribution >= 0.6 is 0 Å². The molecular weight excluding hydrogens is 340 g/mol. The van der Waals surface area contributed by atoms with E-state index in [1.807, 2.05) is 45.9 Å². The Morgan fingerprint density at radius 3 is 2.41 bits per heavy atom. The Balaban J connectivity index is 2.16. The summed E-state index contributed by atoms with van der Waals surface area (Å²) in [6, 6.07) is 12.9. The third-order valence-electron chi connectivity index (χ3n) is 4.48. The molecule has 0 radical (unpaired) electrons. The van der Waals surface area contributed by atoms with Crippen LogP contribution in [0, 0.1) is 13.8 Å². The first-order valence-corrected chi connectivity index (χ1v) is 9.30. The maximum Gasteiger partial charge on any atom is 0.265 e. The van der Waals surface area contributed by atoms with Gasteiger partial charge in [-0.2, -0.15) is 0 Å². The fraction of sp³-hybridized carbons (Fsp3) is 0.364. The maximum atomic E-state index is 12.7. The molecule has 5 nitrogen and oxygen atoms in total. The summed E-state index contributed by atoms with van der Waals surface area (Å²) in [7, 11) is 0. The minimum absolute atomic E-state index is 0.0981. The van der Waals surface area contributed by atoms with Gasteiger partial charge < -0.3 is 15.0 Å². The molecule has 0 saturated heterocycles. The first kappa shape index (κ1) is 20.5. The van der Waals surface area contributed by atoms with Crippen LogP contribution in [-0.2, 0) is 4.79 Å². The Morgan fingerprint density at radius 2 is 1.74 bits per heavy atom. The highest BCUT2D eigenvalue weighted by Crippen LogP contribution is 2.22. The van der Waals surface area contributed by atoms with Gasteiger partial charge in [-0.1, -0.05) is 24.3 Å². The average molecular weight is 368 g/mol. The summed E-state index contributed by atoms with van der Waals surface area (Å²) in [6.07, 6.45) is -0.692. The first-order valence-electron chi connectivity index (χ1n) is 9.30. The molecule has 0 fully saturated rings. The monoisotopic (exact) mass is 368 g/mol. The van der Waals surface area contributed by atoms with E-state index in [4.69, 9.17) is 4.74 Å². The Hall–Kier alpha value is -2.82. The van der Waals surface area contributed by atoms with Gasteiger partial charge in [-0.05, 0) is 63.9 Å². The van der Waals surface area contributed by atoms with Gasteiger partial charge in [0.2, 0.25) is 0 Å². The summed E-state index contributed by atoms with van der Waals surface area (Å²) in [5, 5.41) is 2.84. The molecule has 0 aliphatic heterocycles. The third-order valence-corrected chi connectivity index (χ3v) is 4.48. The Kier molecular flexibility index (Phi) is 6.99. The van der Waals surface area contributed by atoms with Crippen molar-refractivity contribution in [1.29, 1.82) is 0 Å². The highest BCUT2D eigenvalue weighted by Gasteiger charge is 2.21. The number of hydrogen-bond acceptors (Lipinski definition) is 3. The van der Waals surface area contributed by atoms with Crippen LogP contribution < -0.4 is 10.1 Å². The van der Waals surface area contributed by atoms with E-state index in [0.717, 1.165) is 11.1 Å². The summed E-state index contributed by atoms with van der Waals surface area (Å²) in [5.74, 6) is 0.292. The summed E-state index contributed by atoms with van der Waals surface area (Å²) >= 11 is 0. The van der Waals surface area contributed by atoms with Gasteiger partial charge in [-0.3, -0.25) is 9.59 Å². The van der Waals surface area contributed by atoms with Crippen molar-refractivity contribution in [2.75, 3.05) is 18.4 Å². The molecule has 2 amide bonds. The second-order valence-electron chi connectivity index (χ2n) is 6.54. The van der Waals surface area contributed by atoms with E-state index in [2.05, 4.69) is 5.32 Å². The van der Waals surface area contributed by atoms with Gasteiger partial charge in [0.1, 0.15) is 5.75 Å². The third kappa shape index (κ3) is 5.09. The number of para-hydroxylation sites is 1. The molecule has 0 saturated carbocycles. The van der Waals surface area contributed by atoms with Crippen molar-refractivity contribution in [3.63, 3.8) is 0 Å². The molecule has 0 spiro atoms. The van der Waals surface area contributed by atoms with E-state index in [0.29, 0.717) is 30.1 Å². The minimum atomic E-state index is -0.692. The van der Waals surface area contributed by atoms with E-state index in [9.17, 15) is 9.59 Å². The van der Waals surface area contributed by atoms with Crippen molar-refractivity contribution in [1.82, 2.24) is 4.90 Å². The van der Waals surface area contributed by atoms with Gasteiger partial charge in [0.05, 0.1) is 11.3 Å². The highest BCUT2D eigenvalue weighted by atomic mass is 16.5. The first-order chi connectivity index (χ1) is 12.9. The van der Waals surface area contributed by atoms with Crippen LogP contribution in [-0.4, -0.2) is 35.9 Å². The SMILES string of the molecule is CCN(CC)C(=O)c1ccccc1NC(=O)C(C)Oc1cc(C)ccc1C. The molecule has 0 bridgehead atoms. The summed E-state index contributed by atoms with van der Waals surface area (Å²) in [6.45, 7) is 10.7. The second-order valence-corrected chi connectivity index (χ2v) is 6.54. The molecule has 0 aromatic heterocycles. The van der Waals surface area contributed by atoms with E-state index >= 15 is 0 Å². The Labute approximate surface area is 161 Å². The molecule has 2 aromatic carbocycles. The van der Waals surface area contributed by atoms with Crippen LogP contribution in [0.3, 0.4) is 0 Å². The van der Waals surface area contributed by atoms with Crippen molar-refractivity contribution < 1.29 is 14.3 Å². The molecular formula is C22H28N2O3. The van der Waals surface area contributed by atoms with Gasteiger partial charge >= 0.3 is 0 Å². The van der Waals surface area contributed by atoms with Crippen molar-refractivity contribution in [2.24, 2.45) is 0 Å². The number of carbonyl (C=O) groups excluding carboxylic acids is 2. The Morgan fingerprint density at radius 1 is 1.07 bits per heavy atom. The lowest BCUT2D eigenvalue weighted by Gasteiger charge is -2.21. The van der Waals surface area contributed by atoms with Crippen LogP contribution in [0.15, 0.2) is 42.5 Å². The van der Waals surface area contributed by atoms with Gasteiger partial charge in [0.15, 0.2) is 6.10 Å². The number of amides is 2. The lowest BCUT2D eigenvalue weighted by molar-refractivity contribution is -0.122. The van der Waals surface area contributed by atoms with Crippen LogP contribution in [0.2, 0.25) is 0 Å². The fourth-order valence-corrected chi connectivity index (χ4v) is 2.77. The maximum absolute atomic E-state index is 12.7. The molecule has 144 valence electrons. The largest absolute Gasteiger partial charge is 0.481 e. The highest BCUT2D eigenvalue weighted by molar-refractivity contribution is 6.04. The number of anilines is 1. The normalized spacial score (nSPS) is 11.6. The zero-order chi connectivity index (χ0) is 20.0. The van der Waals surface area contributed by atoms with Crippen LogP contribution in [0.25, 0.3) is 0 Å². The molecule has 0 aliphatic rings. The van der Waals surface area contributed by atoms with E-state index in [-0.39, 0.29) is 11.8 Å². The predicted molar refractivity (Wildman–Crippen MR) is 108 cm³/mol. The molecule has 1 N–H and O–H groups in total. The number of aryl methyl sites for hydroxylation is 2. The van der Waals surface area contributed by atoms with Gasteiger partial charge in [0, 0.05) is 13.1 Å². The summed E-state index contributed by atoms with van der Waals surface area (Å²) in [4.78, 5) is 27.1. The van der Waals surface area contributed by atoms with Crippen molar-refractivity contribution in [3.05, 3.63) is 59.2 Å². The predicted octanol–water partition coefficient (Wildman–Crippen LogP) is 4.19. The summed E-state index contributed by atoms with van der Waals surface area (Å²) in [5.41, 5.74) is 3.01. The molecule has 1 unspecified atom stereocenters. The average Bonchev–Trinajstić information content (AvgIpc) is 2.66. The molecule has 27 heavy (non-hydrogen) atoms. The van der Waals surface area contributed by atoms with Crippen LogP contribution in [0.1, 0.15) is 42.3 Å². The summed E-state index contributed by atoms with van der Waals surface area (Å²) < 4.78 is 5.84. The molecule has 0 aliphatic carbocycles. The van der Waals surface area contributed by atoms with Crippen molar-refractivity contribution in [3.8, 4) is 5.75 Å². The van der Waals surface area contributed by atoms with Crippen molar-refractivity contribution >= 4 is 17.5 Å². The number of nitrogens with zero attached hydrogens (tertiary/aromatic N) is 1. The van der Waals surface area contributed by atoms with E-state index < -0.39 is 6.10 Å². The van der Waals surface area contributed by atoms with Crippen LogP contribution in [0.4, 0.5) is 5.69 Å². The zero-order valence-electron chi connectivity index (χ0n) is 16.7. The van der Waals surface area contributed by atoms with Gasteiger partial charge in [-0.25, -0.2) is 0 Å².